The summed E-state index contributed by atoms with van der Waals surface area (Å²) in [5.41, 5.74) is 3.60. The number of rotatable bonds is 7. The number of sulfone groups is 1. The Bertz CT molecular complexity index is 1360. The highest BCUT2D eigenvalue weighted by molar-refractivity contribution is 7.92. The van der Waals surface area contributed by atoms with Gasteiger partial charge in [0.15, 0.2) is 9.84 Å². The van der Waals surface area contributed by atoms with Crippen LogP contribution in [0, 0.1) is 19.8 Å². The Balaban J connectivity index is 1.50. The van der Waals surface area contributed by atoms with Crippen molar-refractivity contribution in [3.8, 4) is 10.6 Å². The average Bonchev–Trinajstić information content (AvgIpc) is 3.38. The molecule has 2 fully saturated rings. The normalized spacial score (nSPS) is 21.3. The van der Waals surface area contributed by atoms with Crippen LogP contribution in [0.5, 0.6) is 0 Å². The lowest BCUT2D eigenvalue weighted by molar-refractivity contribution is 0.404. The molecule has 3 heterocycles. The van der Waals surface area contributed by atoms with Gasteiger partial charge >= 0.3 is 0 Å². The Kier molecular flexibility index (Phi) is 6.24. The second kappa shape index (κ2) is 8.96. The molecule has 35 heavy (non-hydrogen) atoms. The van der Waals surface area contributed by atoms with Crippen LogP contribution in [0.3, 0.4) is 0 Å². The third-order valence-electron chi connectivity index (χ3n) is 7.94. The van der Waals surface area contributed by atoms with Gasteiger partial charge in [0.2, 0.25) is 5.95 Å². The van der Waals surface area contributed by atoms with Gasteiger partial charge in [-0.2, -0.15) is 4.98 Å². The Morgan fingerprint density at radius 1 is 1.00 bits per heavy atom. The smallest absolute Gasteiger partial charge is 0.225 e. The van der Waals surface area contributed by atoms with Crippen LogP contribution in [0.1, 0.15) is 63.8 Å². The lowest BCUT2D eigenvalue weighted by Crippen LogP contribution is -2.38. The van der Waals surface area contributed by atoms with Crippen molar-refractivity contribution in [1.82, 2.24) is 19.9 Å². The summed E-state index contributed by atoms with van der Waals surface area (Å²) in [5.74, 6) is 1.51. The Hall–Kier alpha value is -2.33. The molecular weight excluding hydrogens is 480 g/mol. The van der Waals surface area contributed by atoms with E-state index in [0.717, 1.165) is 70.1 Å². The molecule has 0 amide bonds. The first-order chi connectivity index (χ1) is 16.5. The summed E-state index contributed by atoms with van der Waals surface area (Å²) in [6.07, 6.45) is 9.24. The second-order valence-corrected chi connectivity index (χ2v) is 14.2. The summed E-state index contributed by atoms with van der Waals surface area (Å²) >= 11 is 1.62. The quantitative estimate of drug-likeness (QED) is 0.446. The summed E-state index contributed by atoms with van der Waals surface area (Å²) in [6.45, 7) is 7.69. The summed E-state index contributed by atoms with van der Waals surface area (Å²) in [6, 6.07) is 2.56. The molecule has 188 valence electrons. The van der Waals surface area contributed by atoms with Gasteiger partial charge in [0.1, 0.15) is 16.3 Å². The van der Waals surface area contributed by atoms with Gasteiger partial charge in [-0.1, -0.05) is 0 Å². The molecule has 0 spiro atoms. The number of aryl methyl sites for hydroxylation is 2. The first-order valence-corrected chi connectivity index (χ1v) is 15.1. The van der Waals surface area contributed by atoms with Crippen LogP contribution in [-0.2, 0) is 9.84 Å². The lowest BCUT2D eigenvalue weighted by Gasteiger charge is -2.30. The maximum Gasteiger partial charge on any atom is 0.225 e. The molecule has 8 nitrogen and oxygen atoms in total. The fourth-order valence-electron chi connectivity index (χ4n) is 5.06. The summed E-state index contributed by atoms with van der Waals surface area (Å²) < 4.78 is 25.2. The molecule has 0 radical (unpaired) electrons. The summed E-state index contributed by atoms with van der Waals surface area (Å²) in [4.78, 5) is 19.0. The molecule has 2 aliphatic rings. The molecule has 2 atom stereocenters. The lowest BCUT2D eigenvalue weighted by atomic mass is 9.93. The van der Waals surface area contributed by atoms with Crippen LogP contribution in [0.4, 0.5) is 11.8 Å². The van der Waals surface area contributed by atoms with Gasteiger partial charge in [0.05, 0.1) is 26.4 Å². The van der Waals surface area contributed by atoms with E-state index in [1.165, 1.54) is 12.7 Å². The zero-order valence-corrected chi connectivity index (χ0v) is 22.7. The second-order valence-electron chi connectivity index (χ2n) is 10.6. The monoisotopic (exact) mass is 514 g/mol. The van der Waals surface area contributed by atoms with Crippen LogP contribution in [-0.4, -0.2) is 51.4 Å². The van der Waals surface area contributed by atoms with Gasteiger partial charge in [-0.05, 0) is 78.2 Å². The van der Waals surface area contributed by atoms with Crippen molar-refractivity contribution in [2.75, 3.05) is 16.9 Å². The highest BCUT2D eigenvalue weighted by Crippen LogP contribution is 2.42. The number of anilines is 2. The van der Waals surface area contributed by atoms with E-state index in [2.05, 4.69) is 15.6 Å². The molecule has 2 saturated carbocycles. The molecule has 5 rings (SSSR count). The van der Waals surface area contributed by atoms with Gasteiger partial charge in [-0.3, -0.25) is 4.98 Å². The van der Waals surface area contributed by atoms with Crippen LogP contribution in [0.15, 0.2) is 12.3 Å². The number of thiazole rings is 1. The molecule has 0 aliphatic heterocycles. The minimum absolute atomic E-state index is 0.102. The summed E-state index contributed by atoms with van der Waals surface area (Å²) in [7, 11) is -3.15. The third kappa shape index (κ3) is 4.62. The molecular formula is C25H34N6O2S2. The van der Waals surface area contributed by atoms with Gasteiger partial charge < -0.3 is 10.6 Å². The number of nitrogens with one attached hydrogen (secondary N) is 2. The maximum absolute atomic E-state index is 12.4. The molecule has 2 aliphatic carbocycles. The number of hydrogen-bond donors (Lipinski definition) is 2. The molecule has 2 N–H and O–H groups in total. The predicted molar refractivity (Wildman–Crippen MR) is 143 cm³/mol. The zero-order chi connectivity index (χ0) is 25.0. The van der Waals surface area contributed by atoms with Crippen molar-refractivity contribution in [3.63, 3.8) is 0 Å². The largest absolute Gasteiger partial charge is 0.367 e. The van der Waals surface area contributed by atoms with E-state index in [4.69, 9.17) is 15.0 Å². The van der Waals surface area contributed by atoms with E-state index in [1.54, 1.807) is 11.3 Å². The van der Waals surface area contributed by atoms with E-state index in [0.29, 0.717) is 12.0 Å². The minimum Gasteiger partial charge on any atom is -0.367 e. The zero-order valence-electron chi connectivity index (χ0n) is 21.1. The van der Waals surface area contributed by atoms with E-state index in [1.807, 2.05) is 40.0 Å². The van der Waals surface area contributed by atoms with Crippen LogP contribution >= 0.6 is 11.3 Å². The Morgan fingerprint density at radius 3 is 2.43 bits per heavy atom. The fourth-order valence-corrected chi connectivity index (χ4v) is 6.99. The Morgan fingerprint density at radius 2 is 1.77 bits per heavy atom. The van der Waals surface area contributed by atoms with E-state index in [-0.39, 0.29) is 12.0 Å². The average molecular weight is 515 g/mol. The standard InChI is InChI=1S/C25H34N6O2S2/c1-14-20(23-30-21-15(2)26-12-11-19(21)34-23)22(31-24(27-14)29-17-7-6-8-17)28-18-10-9-16(13-18)25(3,4)35(5,32)33/h11-12,16-18H,6-10,13H2,1-5H3,(H2,27,28,29,31). The maximum atomic E-state index is 12.4. The topological polar surface area (TPSA) is 110 Å². The van der Waals surface area contributed by atoms with Crippen molar-refractivity contribution < 1.29 is 8.42 Å². The van der Waals surface area contributed by atoms with Gasteiger partial charge in [0, 0.05) is 24.5 Å². The fraction of sp³-hybridized carbons (Fsp3) is 0.600. The van der Waals surface area contributed by atoms with Crippen molar-refractivity contribution >= 4 is 43.2 Å². The Labute approximate surface area is 211 Å². The molecule has 0 aromatic carbocycles. The molecule has 3 aromatic heterocycles. The minimum atomic E-state index is -3.15. The first kappa shape index (κ1) is 24.4. The number of pyridine rings is 1. The van der Waals surface area contributed by atoms with Crippen molar-refractivity contribution in [2.45, 2.75) is 83.1 Å². The number of hydrogen-bond acceptors (Lipinski definition) is 9. The van der Waals surface area contributed by atoms with Crippen molar-refractivity contribution in [1.29, 1.82) is 0 Å². The van der Waals surface area contributed by atoms with Crippen LogP contribution < -0.4 is 10.6 Å². The highest BCUT2D eigenvalue weighted by Gasteiger charge is 2.43. The molecule has 10 heteroatoms. The molecule has 3 aromatic rings. The van der Waals surface area contributed by atoms with E-state index < -0.39 is 14.6 Å². The van der Waals surface area contributed by atoms with E-state index in [9.17, 15) is 8.42 Å². The predicted octanol–water partition coefficient (Wildman–Crippen LogP) is 5.13. The molecule has 0 saturated heterocycles. The molecule has 2 unspecified atom stereocenters. The number of aromatic nitrogens is 4. The summed E-state index contributed by atoms with van der Waals surface area (Å²) in [5, 5.41) is 8.03. The van der Waals surface area contributed by atoms with Gasteiger partial charge in [-0.15, -0.1) is 11.3 Å². The first-order valence-electron chi connectivity index (χ1n) is 12.4. The SMILES string of the molecule is Cc1nc(NC2CCC2)nc(NC2CCC(C(C)(C)S(C)(=O)=O)C2)c1-c1nc2c(C)nccc2s1. The third-order valence-corrected chi connectivity index (χ3v) is 11.2. The van der Waals surface area contributed by atoms with Crippen LogP contribution in [0.25, 0.3) is 20.8 Å². The van der Waals surface area contributed by atoms with Crippen LogP contribution in [0.2, 0.25) is 0 Å². The highest BCUT2D eigenvalue weighted by atomic mass is 32.2. The van der Waals surface area contributed by atoms with Crippen molar-refractivity contribution in [2.24, 2.45) is 5.92 Å². The number of nitrogens with zero attached hydrogens (tertiary/aromatic N) is 4. The van der Waals surface area contributed by atoms with Crippen molar-refractivity contribution in [3.05, 3.63) is 23.7 Å². The molecule has 0 bridgehead atoms. The number of fused-ring (bicyclic) bond motifs is 1. The van der Waals surface area contributed by atoms with E-state index >= 15 is 0 Å². The van der Waals surface area contributed by atoms with Gasteiger partial charge in [-0.25, -0.2) is 18.4 Å². The van der Waals surface area contributed by atoms with Gasteiger partial charge in [0.25, 0.3) is 0 Å².